The van der Waals surface area contributed by atoms with Gasteiger partial charge >= 0.3 is 0 Å². The van der Waals surface area contributed by atoms with Crippen LogP contribution in [0.4, 0.5) is 5.69 Å². The fraction of sp³-hybridized carbons (Fsp3) is 0.500. The normalized spacial score (nSPS) is 16.2. The molecule has 1 atom stereocenters. The number of hydrogen-bond donors (Lipinski definition) is 2. The molecule has 1 amide bonds. The number of likely N-dealkylation sites (N-methyl/N-ethyl adjacent to an activating group) is 1. The summed E-state index contributed by atoms with van der Waals surface area (Å²) in [6.07, 6.45) is 1.66. The van der Waals surface area contributed by atoms with Crippen LogP contribution in [0.5, 0.6) is 0 Å². The van der Waals surface area contributed by atoms with Crippen LogP contribution < -0.4 is 10.2 Å². The number of amides is 1. The Kier molecular flexibility index (Phi) is 3.87. The summed E-state index contributed by atoms with van der Waals surface area (Å²) in [5.41, 5.74) is 1.75. The van der Waals surface area contributed by atoms with E-state index in [1.807, 2.05) is 36.2 Å². The molecule has 0 unspecified atom stereocenters. The fourth-order valence-electron chi connectivity index (χ4n) is 1.99. The summed E-state index contributed by atoms with van der Waals surface area (Å²) in [4.78, 5) is 13.6. The third kappa shape index (κ3) is 3.23. The Balaban J connectivity index is 2.02. The lowest BCUT2D eigenvalue weighted by Crippen LogP contribution is -2.36. The van der Waals surface area contributed by atoms with Crippen molar-refractivity contribution in [3.05, 3.63) is 29.8 Å². The van der Waals surface area contributed by atoms with E-state index in [9.17, 15) is 9.90 Å². The van der Waals surface area contributed by atoms with Gasteiger partial charge in [0.05, 0.1) is 12.6 Å². The SMILES string of the molecule is C[C@H](O)c1ccccc1N(C)CC(=O)NC1CC1. The van der Waals surface area contributed by atoms with Gasteiger partial charge in [-0.05, 0) is 25.8 Å². The van der Waals surface area contributed by atoms with Crippen LogP contribution >= 0.6 is 0 Å². The monoisotopic (exact) mass is 248 g/mol. The lowest BCUT2D eigenvalue weighted by atomic mass is 10.1. The van der Waals surface area contributed by atoms with Gasteiger partial charge in [0, 0.05) is 24.3 Å². The molecular weight excluding hydrogens is 228 g/mol. The van der Waals surface area contributed by atoms with Crippen molar-refractivity contribution in [2.75, 3.05) is 18.5 Å². The Morgan fingerprint density at radius 3 is 2.78 bits per heavy atom. The van der Waals surface area contributed by atoms with Crippen molar-refractivity contribution >= 4 is 11.6 Å². The highest BCUT2D eigenvalue weighted by molar-refractivity contribution is 5.82. The summed E-state index contributed by atoms with van der Waals surface area (Å²) in [6.45, 7) is 2.05. The second-order valence-corrected chi connectivity index (χ2v) is 4.93. The van der Waals surface area contributed by atoms with Gasteiger partial charge in [-0.3, -0.25) is 4.79 Å². The van der Waals surface area contributed by atoms with E-state index in [0.717, 1.165) is 24.1 Å². The van der Waals surface area contributed by atoms with Crippen molar-refractivity contribution in [2.24, 2.45) is 0 Å². The Hall–Kier alpha value is -1.55. The number of carbonyl (C=O) groups is 1. The first-order chi connectivity index (χ1) is 8.58. The third-order valence-corrected chi connectivity index (χ3v) is 3.12. The molecule has 0 radical (unpaired) electrons. The molecule has 2 N–H and O–H groups in total. The molecule has 1 fully saturated rings. The van der Waals surface area contributed by atoms with Gasteiger partial charge in [-0.2, -0.15) is 0 Å². The first kappa shape index (κ1) is 12.9. The van der Waals surface area contributed by atoms with Crippen molar-refractivity contribution < 1.29 is 9.90 Å². The average molecular weight is 248 g/mol. The molecule has 0 aliphatic heterocycles. The van der Waals surface area contributed by atoms with E-state index < -0.39 is 6.10 Å². The molecule has 0 aromatic heterocycles. The van der Waals surface area contributed by atoms with Gasteiger partial charge in [0.25, 0.3) is 0 Å². The minimum Gasteiger partial charge on any atom is -0.389 e. The molecular formula is C14H20N2O2. The summed E-state index contributed by atoms with van der Waals surface area (Å²) in [5.74, 6) is 0.0420. The zero-order valence-corrected chi connectivity index (χ0v) is 10.9. The summed E-state index contributed by atoms with van der Waals surface area (Å²) in [7, 11) is 1.87. The lowest BCUT2D eigenvalue weighted by molar-refractivity contribution is -0.119. The molecule has 1 aliphatic rings. The predicted molar refractivity (Wildman–Crippen MR) is 71.5 cm³/mol. The standard InChI is InChI=1S/C14H20N2O2/c1-10(17)12-5-3-4-6-13(12)16(2)9-14(18)15-11-7-8-11/h3-6,10-11,17H,7-9H2,1-2H3,(H,15,18)/t10-/m0/s1. The maximum Gasteiger partial charge on any atom is 0.239 e. The van der Waals surface area contributed by atoms with Crippen LogP contribution in [0.3, 0.4) is 0 Å². The Morgan fingerprint density at radius 1 is 1.50 bits per heavy atom. The van der Waals surface area contributed by atoms with Gasteiger partial charge in [-0.25, -0.2) is 0 Å². The molecule has 1 saturated carbocycles. The van der Waals surface area contributed by atoms with Gasteiger partial charge in [0.2, 0.25) is 5.91 Å². The molecule has 0 bridgehead atoms. The number of para-hydroxylation sites is 1. The molecule has 2 rings (SSSR count). The zero-order valence-electron chi connectivity index (χ0n) is 10.9. The van der Waals surface area contributed by atoms with Crippen molar-refractivity contribution in [2.45, 2.75) is 31.9 Å². The topological polar surface area (TPSA) is 52.6 Å². The number of nitrogens with one attached hydrogen (secondary N) is 1. The number of benzene rings is 1. The molecule has 0 spiro atoms. The summed E-state index contributed by atoms with van der Waals surface area (Å²) < 4.78 is 0. The molecule has 1 aromatic carbocycles. The summed E-state index contributed by atoms with van der Waals surface area (Å²) >= 11 is 0. The number of rotatable bonds is 5. The van der Waals surface area contributed by atoms with E-state index in [2.05, 4.69) is 5.32 Å². The van der Waals surface area contributed by atoms with Crippen molar-refractivity contribution in [3.8, 4) is 0 Å². The van der Waals surface area contributed by atoms with Gasteiger partial charge in [0.15, 0.2) is 0 Å². The lowest BCUT2D eigenvalue weighted by Gasteiger charge is -2.23. The fourth-order valence-corrected chi connectivity index (χ4v) is 1.99. The molecule has 98 valence electrons. The molecule has 1 aromatic rings. The molecule has 18 heavy (non-hydrogen) atoms. The zero-order chi connectivity index (χ0) is 13.1. The highest BCUT2D eigenvalue weighted by atomic mass is 16.3. The quantitative estimate of drug-likeness (QED) is 0.829. The average Bonchev–Trinajstić information content (AvgIpc) is 3.12. The number of anilines is 1. The first-order valence-electron chi connectivity index (χ1n) is 6.35. The van der Waals surface area contributed by atoms with Crippen LogP contribution in [-0.4, -0.2) is 30.6 Å². The predicted octanol–water partition coefficient (Wildman–Crippen LogP) is 1.45. The van der Waals surface area contributed by atoms with Gasteiger partial charge < -0.3 is 15.3 Å². The Labute approximate surface area is 108 Å². The maximum atomic E-state index is 11.7. The van der Waals surface area contributed by atoms with Crippen LogP contribution in [0, 0.1) is 0 Å². The number of hydrogen-bond acceptors (Lipinski definition) is 3. The summed E-state index contributed by atoms with van der Waals surface area (Å²) in [6, 6.07) is 8.00. The Morgan fingerprint density at radius 2 is 2.17 bits per heavy atom. The van der Waals surface area contributed by atoms with Gasteiger partial charge in [-0.1, -0.05) is 18.2 Å². The Bertz CT molecular complexity index is 428. The highest BCUT2D eigenvalue weighted by Gasteiger charge is 2.24. The van der Waals surface area contributed by atoms with E-state index in [4.69, 9.17) is 0 Å². The van der Waals surface area contributed by atoms with Gasteiger partial charge in [0.1, 0.15) is 0 Å². The maximum absolute atomic E-state index is 11.7. The van der Waals surface area contributed by atoms with E-state index in [-0.39, 0.29) is 5.91 Å². The number of aliphatic hydroxyl groups excluding tert-OH is 1. The first-order valence-corrected chi connectivity index (χ1v) is 6.35. The molecule has 4 heteroatoms. The molecule has 1 aliphatic carbocycles. The minimum atomic E-state index is -0.532. The third-order valence-electron chi connectivity index (χ3n) is 3.12. The number of aliphatic hydroxyl groups is 1. The van der Waals surface area contributed by atoms with E-state index in [1.54, 1.807) is 6.92 Å². The summed E-state index contributed by atoms with van der Waals surface area (Å²) in [5, 5.41) is 12.7. The molecule has 4 nitrogen and oxygen atoms in total. The smallest absolute Gasteiger partial charge is 0.239 e. The van der Waals surface area contributed by atoms with Crippen LogP contribution in [0.25, 0.3) is 0 Å². The second kappa shape index (κ2) is 5.40. The number of nitrogens with zero attached hydrogens (tertiary/aromatic N) is 1. The largest absolute Gasteiger partial charge is 0.389 e. The molecule has 0 saturated heterocycles. The van der Waals surface area contributed by atoms with E-state index >= 15 is 0 Å². The van der Waals surface area contributed by atoms with Crippen LogP contribution in [0.15, 0.2) is 24.3 Å². The number of carbonyl (C=O) groups excluding carboxylic acids is 1. The van der Waals surface area contributed by atoms with Crippen molar-refractivity contribution in [3.63, 3.8) is 0 Å². The van der Waals surface area contributed by atoms with Crippen molar-refractivity contribution in [1.29, 1.82) is 0 Å². The second-order valence-electron chi connectivity index (χ2n) is 4.93. The van der Waals surface area contributed by atoms with Crippen molar-refractivity contribution in [1.82, 2.24) is 5.32 Å². The molecule has 0 heterocycles. The van der Waals surface area contributed by atoms with E-state index in [0.29, 0.717) is 12.6 Å². The van der Waals surface area contributed by atoms with Gasteiger partial charge in [-0.15, -0.1) is 0 Å². The minimum absolute atomic E-state index is 0.0420. The van der Waals surface area contributed by atoms with Crippen LogP contribution in [-0.2, 0) is 4.79 Å². The van der Waals surface area contributed by atoms with Crippen LogP contribution in [0.2, 0.25) is 0 Å². The van der Waals surface area contributed by atoms with Crippen LogP contribution in [0.1, 0.15) is 31.4 Å². The van der Waals surface area contributed by atoms with E-state index in [1.165, 1.54) is 0 Å². The highest BCUT2D eigenvalue weighted by Crippen LogP contribution is 2.25.